The highest BCUT2D eigenvalue weighted by atomic mass is 16.6. The number of nitro groups is 1. The number of nitrogens with zero attached hydrogens (tertiary/aromatic N) is 3. The number of hydrogen-bond acceptors (Lipinski definition) is 7. The van der Waals surface area contributed by atoms with E-state index in [9.17, 15) is 14.9 Å². The molecule has 1 aromatic heterocycles. The molecule has 1 aromatic carbocycles. The fraction of sp³-hybridized carbons (Fsp3) is 0.211. The Balaban J connectivity index is 1.68. The van der Waals surface area contributed by atoms with Gasteiger partial charge in [0, 0.05) is 40.9 Å². The molecule has 0 aliphatic heterocycles. The van der Waals surface area contributed by atoms with Crippen molar-refractivity contribution in [3.63, 3.8) is 0 Å². The van der Waals surface area contributed by atoms with Crippen molar-refractivity contribution in [1.29, 1.82) is 0 Å². The Hall–Kier alpha value is -3.55. The van der Waals surface area contributed by atoms with Crippen LogP contribution in [0.3, 0.4) is 0 Å². The van der Waals surface area contributed by atoms with Gasteiger partial charge in [0.2, 0.25) is 5.95 Å². The lowest BCUT2D eigenvalue weighted by atomic mass is 10.1. The fourth-order valence-corrected chi connectivity index (χ4v) is 2.88. The number of rotatable bonds is 5. The Bertz CT molecular complexity index is 945. The fourth-order valence-electron chi connectivity index (χ4n) is 2.88. The van der Waals surface area contributed by atoms with Gasteiger partial charge in [-0.25, -0.2) is 9.97 Å². The first-order chi connectivity index (χ1) is 12.9. The van der Waals surface area contributed by atoms with E-state index in [1.54, 1.807) is 24.4 Å². The number of Topliss-reactive ketones (excluding diaryl/α,β-unsaturated/α-hetero) is 1. The quantitative estimate of drug-likeness (QED) is 0.475. The number of aryl methyl sites for hydroxylation is 2. The number of ketones is 1. The Labute approximate surface area is 156 Å². The normalized spacial score (nSPS) is 16.7. The molecule has 0 unspecified atom stereocenters. The topological polar surface area (TPSA) is 110 Å². The number of aromatic nitrogens is 2. The second-order valence-electron chi connectivity index (χ2n) is 6.26. The minimum atomic E-state index is -0.450. The highest BCUT2D eigenvalue weighted by Crippen LogP contribution is 2.28. The molecule has 2 aromatic rings. The van der Waals surface area contributed by atoms with Crippen LogP contribution in [-0.4, -0.2) is 20.7 Å². The number of allylic oxidation sites excluding steroid dienone is 2. The highest BCUT2D eigenvalue weighted by molar-refractivity contribution is 6.13. The van der Waals surface area contributed by atoms with Crippen molar-refractivity contribution in [3.05, 3.63) is 74.7 Å². The molecule has 0 atom stereocenters. The number of nitrogens with one attached hydrogen (secondary N) is 2. The molecule has 3 rings (SSSR count). The summed E-state index contributed by atoms with van der Waals surface area (Å²) in [7, 11) is 0. The van der Waals surface area contributed by atoms with Gasteiger partial charge in [0.05, 0.1) is 4.92 Å². The number of hydrogen-bond donors (Lipinski definition) is 2. The molecule has 0 saturated heterocycles. The van der Waals surface area contributed by atoms with Gasteiger partial charge in [0.25, 0.3) is 5.69 Å². The number of nitro benzene ring substituents is 1. The number of anilines is 1. The van der Waals surface area contributed by atoms with Gasteiger partial charge in [-0.05, 0) is 44.4 Å². The second-order valence-corrected chi connectivity index (χ2v) is 6.26. The average Bonchev–Trinajstić information content (AvgIpc) is 2.95. The molecule has 1 aliphatic rings. The van der Waals surface area contributed by atoms with Crippen molar-refractivity contribution < 1.29 is 9.72 Å². The first-order valence-corrected chi connectivity index (χ1v) is 8.45. The predicted octanol–water partition coefficient (Wildman–Crippen LogP) is 3.25. The first kappa shape index (κ1) is 18.2. The third kappa shape index (κ3) is 4.55. The van der Waals surface area contributed by atoms with E-state index in [1.165, 1.54) is 12.1 Å². The third-order valence-corrected chi connectivity index (χ3v) is 4.08. The van der Waals surface area contributed by atoms with Crippen LogP contribution >= 0.6 is 0 Å². The van der Waals surface area contributed by atoms with E-state index in [4.69, 9.17) is 0 Å². The Morgan fingerprint density at radius 3 is 2.52 bits per heavy atom. The van der Waals surface area contributed by atoms with Gasteiger partial charge >= 0.3 is 0 Å². The van der Waals surface area contributed by atoms with Gasteiger partial charge in [-0.15, -0.1) is 0 Å². The average molecular weight is 365 g/mol. The van der Waals surface area contributed by atoms with E-state index in [-0.39, 0.29) is 11.5 Å². The maximum Gasteiger partial charge on any atom is 0.270 e. The molecule has 2 N–H and O–H groups in total. The van der Waals surface area contributed by atoms with Crippen LogP contribution in [0.25, 0.3) is 6.08 Å². The van der Waals surface area contributed by atoms with Crippen LogP contribution in [0.1, 0.15) is 29.8 Å². The van der Waals surface area contributed by atoms with Gasteiger partial charge < -0.3 is 5.43 Å². The molecule has 27 heavy (non-hydrogen) atoms. The van der Waals surface area contributed by atoms with Crippen molar-refractivity contribution >= 4 is 23.5 Å². The van der Waals surface area contributed by atoms with E-state index < -0.39 is 4.92 Å². The van der Waals surface area contributed by atoms with Crippen molar-refractivity contribution in [3.8, 4) is 0 Å². The smallest absolute Gasteiger partial charge is 0.270 e. The van der Waals surface area contributed by atoms with E-state index in [1.807, 2.05) is 19.9 Å². The summed E-state index contributed by atoms with van der Waals surface area (Å²) in [6.45, 7) is 3.76. The van der Waals surface area contributed by atoms with E-state index in [2.05, 4.69) is 20.8 Å². The lowest BCUT2D eigenvalue weighted by Gasteiger charge is -2.06. The number of benzene rings is 1. The predicted molar refractivity (Wildman–Crippen MR) is 102 cm³/mol. The SMILES string of the molecule is Cc1cc(C)nc(NN/C=C2\CC/C(=C/c3cccc([N+](=O)[O-])c3)C2=O)n1. The summed E-state index contributed by atoms with van der Waals surface area (Å²) in [5.74, 6) is 0.360. The maximum atomic E-state index is 12.5. The molecule has 138 valence electrons. The van der Waals surface area contributed by atoms with Crippen molar-refractivity contribution in [2.75, 3.05) is 5.43 Å². The summed E-state index contributed by atoms with van der Waals surface area (Å²) in [5.41, 5.74) is 9.32. The molecule has 8 nitrogen and oxygen atoms in total. The standard InChI is InChI=1S/C19H19N5O3/c1-12-8-13(2)22-19(21-12)23-20-11-16-7-6-15(18(16)25)9-14-4-3-5-17(10-14)24(26)27/h3-5,8-11,20H,6-7H2,1-2H3,(H,21,22,23)/b15-9-,16-11+. The monoisotopic (exact) mass is 365 g/mol. The maximum absolute atomic E-state index is 12.5. The zero-order valence-corrected chi connectivity index (χ0v) is 15.0. The van der Waals surface area contributed by atoms with E-state index in [0.717, 1.165) is 11.4 Å². The number of hydrazine groups is 1. The minimum absolute atomic E-state index is 0.00451. The third-order valence-electron chi connectivity index (χ3n) is 4.08. The van der Waals surface area contributed by atoms with Gasteiger partial charge in [-0.3, -0.25) is 20.3 Å². The van der Waals surface area contributed by atoms with Crippen LogP contribution in [0.15, 0.2) is 47.7 Å². The van der Waals surface area contributed by atoms with Crippen LogP contribution in [0.4, 0.5) is 11.6 Å². The van der Waals surface area contributed by atoms with Gasteiger partial charge in [0.1, 0.15) is 0 Å². The van der Waals surface area contributed by atoms with Crippen LogP contribution in [0.2, 0.25) is 0 Å². The minimum Gasteiger partial charge on any atom is -0.305 e. The van der Waals surface area contributed by atoms with Crippen molar-refractivity contribution in [1.82, 2.24) is 15.4 Å². The van der Waals surface area contributed by atoms with E-state index in [0.29, 0.717) is 35.5 Å². The van der Waals surface area contributed by atoms with Crippen LogP contribution < -0.4 is 10.9 Å². The lowest BCUT2D eigenvalue weighted by molar-refractivity contribution is -0.384. The van der Waals surface area contributed by atoms with Crippen LogP contribution in [-0.2, 0) is 4.79 Å². The summed E-state index contributed by atoms with van der Waals surface area (Å²) >= 11 is 0. The Kier molecular flexibility index (Phi) is 5.25. The molecule has 8 heteroatoms. The van der Waals surface area contributed by atoms with Crippen LogP contribution in [0.5, 0.6) is 0 Å². The molecule has 0 spiro atoms. The lowest BCUT2D eigenvalue weighted by Crippen LogP contribution is -2.18. The Morgan fingerprint density at radius 1 is 1.11 bits per heavy atom. The summed E-state index contributed by atoms with van der Waals surface area (Å²) in [5, 5.41) is 10.9. The van der Waals surface area contributed by atoms with Gasteiger partial charge in [-0.1, -0.05) is 12.1 Å². The molecule has 1 heterocycles. The number of carbonyl (C=O) groups excluding carboxylic acids is 1. The zero-order valence-electron chi connectivity index (χ0n) is 15.0. The highest BCUT2D eigenvalue weighted by Gasteiger charge is 2.23. The summed E-state index contributed by atoms with van der Waals surface area (Å²) in [4.78, 5) is 31.4. The molecule has 0 amide bonds. The summed E-state index contributed by atoms with van der Waals surface area (Å²) in [6, 6.07) is 8.10. The Morgan fingerprint density at radius 2 is 1.81 bits per heavy atom. The first-order valence-electron chi connectivity index (χ1n) is 8.45. The van der Waals surface area contributed by atoms with Crippen molar-refractivity contribution in [2.45, 2.75) is 26.7 Å². The van der Waals surface area contributed by atoms with Gasteiger partial charge in [-0.2, -0.15) is 0 Å². The van der Waals surface area contributed by atoms with Crippen LogP contribution in [0, 0.1) is 24.0 Å². The largest absolute Gasteiger partial charge is 0.305 e. The summed E-state index contributed by atoms with van der Waals surface area (Å²) < 4.78 is 0. The molecular formula is C19H19N5O3. The van der Waals surface area contributed by atoms with E-state index >= 15 is 0 Å². The number of carbonyl (C=O) groups is 1. The molecular weight excluding hydrogens is 346 g/mol. The molecule has 1 saturated carbocycles. The van der Waals surface area contributed by atoms with Gasteiger partial charge in [0.15, 0.2) is 5.78 Å². The molecule has 0 radical (unpaired) electrons. The number of non-ortho nitro benzene ring substituents is 1. The van der Waals surface area contributed by atoms with Crippen molar-refractivity contribution in [2.24, 2.45) is 0 Å². The molecule has 1 fully saturated rings. The summed E-state index contributed by atoms with van der Waals surface area (Å²) in [6.07, 6.45) is 4.51. The second kappa shape index (κ2) is 7.77. The zero-order chi connectivity index (χ0) is 19.4. The molecule has 1 aliphatic carbocycles. The molecule has 0 bridgehead atoms.